The van der Waals surface area contributed by atoms with Crippen LogP contribution in [0.4, 0.5) is 8.78 Å². The van der Waals surface area contributed by atoms with E-state index < -0.39 is 11.6 Å². The zero-order valence-corrected chi connectivity index (χ0v) is 9.74. The molecule has 0 aliphatic rings. The van der Waals surface area contributed by atoms with E-state index in [1.165, 1.54) is 6.07 Å². The topological polar surface area (TPSA) is 39.6 Å². The molecule has 2 aromatic carbocycles. The van der Waals surface area contributed by atoms with Gasteiger partial charge >= 0.3 is 0 Å². The minimum Gasteiger partial charge on any atom is -0.354 e. The highest BCUT2D eigenvalue weighted by atomic mass is 19.2. The van der Waals surface area contributed by atoms with Crippen LogP contribution in [0.15, 0.2) is 42.5 Å². The third kappa shape index (κ3) is 1.95. The first kappa shape index (κ1) is 11.4. The van der Waals surface area contributed by atoms with Crippen LogP contribution in [0.1, 0.15) is 5.56 Å². The molecule has 0 spiro atoms. The van der Waals surface area contributed by atoms with E-state index >= 15 is 0 Å². The second-order valence-electron chi connectivity index (χ2n) is 4.23. The van der Waals surface area contributed by atoms with Gasteiger partial charge in [0.1, 0.15) is 0 Å². The van der Waals surface area contributed by atoms with Crippen LogP contribution in [-0.2, 0) is 0 Å². The van der Waals surface area contributed by atoms with Gasteiger partial charge in [-0.1, -0.05) is 6.07 Å². The Morgan fingerprint density at radius 3 is 2.53 bits per heavy atom. The largest absolute Gasteiger partial charge is 0.354 e. The SMILES string of the molecule is N#Cc1ccc2cc(-c3ccc(F)c(F)c3)[nH]c2c1. The van der Waals surface area contributed by atoms with Gasteiger partial charge in [-0.3, -0.25) is 0 Å². The maximum Gasteiger partial charge on any atom is 0.159 e. The molecule has 1 aromatic heterocycles. The summed E-state index contributed by atoms with van der Waals surface area (Å²) < 4.78 is 26.1. The monoisotopic (exact) mass is 254 g/mol. The predicted octanol–water partition coefficient (Wildman–Crippen LogP) is 3.98. The van der Waals surface area contributed by atoms with Gasteiger partial charge in [0.2, 0.25) is 0 Å². The number of aromatic amines is 1. The minimum absolute atomic E-state index is 0.547. The molecule has 0 unspecified atom stereocenters. The molecule has 92 valence electrons. The van der Waals surface area contributed by atoms with Crippen molar-refractivity contribution in [3.63, 3.8) is 0 Å². The lowest BCUT2D eigenvalue weighted by atomic mass is 10.1. The molecule has 0 atom stereocenters. The van der Waals surface area contributed by atoms with Crippen LogP contribution in [0.2, 0.25) is 0 Å². The highest BCUT2D eigenvalue weighted by molar-refractivity contribution is 5.86. The Bertz CT molecular complexity index is 813. The first-order valence-electron chi connectivity index (χ1n) is 5.65. The summed E-state index contributed by atoms with van der Waals surface area (Å²) in [6.45, 7) is 0. The normalized spacial score (nSPS) is 10.6. The highest BCUT2D eigenvalue weighted by Gasteiger charge is 2.07. The zero-order valence-electron chi connectivity index (χ0n) is 9.74. The van der Waals surface area contributed by atoms with Crippen molar-refractivity contribution in [3.05, 3.63) is 59.7 Å². The summed E-state index contributed by atoms with van der Waals surface area (Å²) in [7, 11) is 0. The summed E-state index contributed by atoms with van der Waals surface area (Å²) >= 11 is 0. The number of hydrogen-bond donors (Lipinski definition) is 1. The van der Waals surface area contributed by atoms with Crippen molar-refractivity contribution in [2.75, 3.05) is 0 Å². The highest BCUT2D eigenvalue weighted by Crippen LogP contribution is 2.25. The lowest BCUT2D eigenvalue weighted by Gasteiger charge is -1.98. The van der Waals surface area contributed by atoms with E-state index in [0.717, 1.165) is 23.0 Å². The minimum atomic E-state index is -0.881. The molecule has 0 amide bonds. The number of rotatable bonds is 1. The van der Waals surface area contributed by atoms with Gasteiger partial charge in [-0.2, -0.15) is 5.26 Å². The summed E-state index contributed by atoms with van der Waals surface area (Å²) in [5.41, 5.74) is 2.59. The third-order valence-corrected chi connectivity index (χ3v) is 2.98. The van der Waals surface area contributed by atoms with E-state index in [4.69, 9.17) is 5.26 Å². The van der Waals surface area contributed by atoms with Crippen molar-refractivity contribution in [3.8, 4) is 17.3 Å². The van der Waals surface area contributed by atoms with Crippen LogP contribution in [0.25, 0.3) is 22.2 Å². The van der Waals surface area contributed by atoms with Crippen LogP contribution >= 0.6 is 0 Å². The van der Waals surface area contributed by atoms with Crippen LogP contribution in [0.5, 0.6) is 0 Å². The molecule has 0 saturated carbocycles. The van der Waals surface area contributed by atoms with Crippen molar-refractivity contribution < 1.29 is 8.78 Å². The number of aromatic nitrogens is 1. The van der Waals surface area contributed by atoms with Crippen molar-refractivity contribution in [1.82, 2.24) is 4.98 Å². The molecule has 2 nitrogen and oxygen atoms in total. The molecule has 0 radical (unpaired) electrons. The molecule has 3 aromatic rings. The van der Waals surface area contributed by atoms with E-state index in [-0.39, 0.29) is 0 Å². The summed E-state index contributed by atoms with van der Waals surface area (Å²) in [4.78, 5) is 3.09. The van der Waals surface area contributed by atoms with E-state index in [1.807, 2.05) is 12.1 Å². The molecule has 0 saturated heterocycles. The van der Waals surface area contributed by atoms with Gasteiger partial charge in [-0.05, 0) is 36.4 Å². The number of nitrogens with zero attached hydrogens (tertiary/aromatic N) is 1. The van der Waals surface area contributed by atoms with E-state index in [0.29, 0.717) is 16.8 Å². The van der Waals surface area contributed by atoms with Gasteiger partial charge in [0, 0.05) is 22.2 Å². The Kier molecular flexibility index (Phi) is 2.53. The number of halogens is 2. The van der Waals surface area contributed by atoms with Crippen LogP contribution < -0.4 is 0 Å². The number of H-pyrrole nitrogens is 1. The van der Waals surface area contributed by atoms with Crippen LogP contribution in [0, 0.1) is 23.0 Å². The number of nitrogens with one attached hydrogen (secondary N) is 1. The Labute approximate surface area is 107 Å². The van der Waals surface area contributed by atoms with Crippen LogP contribution in [-0.4, -0.2) is 4.98 Å². The lowest BCUT2D eigenvalue weighted by Crippen LogP contribution is -1.85. The second kappa shape index (κ2) is 4.21. The maximum atomic E-state index is 13.2. The molecular weight excluding hydrogens is 246 g/mol. The Hall–Kier alpha value is -2.67. The van der Waals surface area contributed by atoms with Crippen LogP contribution in [0.3, 0.4) is 0 Å². The lowest BCUT2D eigenvalue weighted by molar-refractivity contribution is 0.509. The molecule has 0 aliphatic heterocycles. The van der Waals surface area contributed by atoms with Crippen molar-refractivity contribution >= 4 is 10.9 Å². The molecule has 3 rings (SSSR count). The summed E-state index contributed by atoms with van der Waals surface area (Å²) in [6.07, 6.45) is 0. The molecule has 1 N–H and O–H groups in total. The first-order chi connectivity index (χ1) is 9.17. The third-order valence-electron chi connectivity index (χ3n) is 2.98. The fourth-order valence-corrected chi connectivity index (χ4v) is 2.02. The van der Waals surface area contributed by atoms with Crippen molar-refractivity contribution in [2.45, 2.75) is 0 Å². The fraction of sp³-hybridized carbons (Fsp3) is 0. The Morgan fingerprint density at radius 1 is 0.947 bits per heavy atom. The molecule has 1 heterocycles. The summed E-state index contributed by atoms with van der Waals surface area (Å²) in [5, 5.41) is 9.75. The first-order valence-corrected chi connectivity index (χ1v) is 5.65. The molecule has 0 aliphatic carbocycles. The molecule has 4 heteroatoms. The maximum absolute atomic E-state index is 13.2. The number of nitriles is 1. The van der Waals surface area contributed by atoms with Gasteiger partial charge in [0.15, 0.2) is 11.6 Å². The standard InChI is InChI=1S/C15H8F2N2/c16-12-4-3-10(6-13(12)17)15-7-11-2-1-9(8-18)5-14(11)19-15/h1-7,19H. The van der Waals surface area contributed by atoms with Gasteiger partial charge in [0.05, 0.1) is 11.6 Å². The Balaban J connectivity index is 2.15. The molecule has 0 bridgehead atoms. The quantitative estimate of drug-likeness (QED) is 0.700. The predicted molar refractivity (Wildman–Crippen MR) is 68.4 cm³/mol. The number of fused-ring (bicyclic) bond motifs is 1. The smallest absolute Gasteiger partial charge is 0.159 e. The van der Waals surface area contributed by atoms with Gasteiger partial charge in [-0.15, -0.1) is 0 Å². The van der Waals surface area contributed by atoms with Gasteiger partial charge in [-0.25, -0.2) is 8.78 Å². The number of benzene rings is 2. The van der Waals surface area contributed by atoms with Crippen molar-refractivity contribution in [1.29, 1.82) is 5.26 Å². The summed E-state index contributed by atoms with van der Waals surface area (Å²) in [5.74, 6) is -1.75. The zero-order chi connectivity index (χ0) is 13.4. The van der Waals surface area contributed by atoms with Gasteiger partial charge < -0.3 is 4.98 Å². The molecular formula is C15H8F2N2. The second-order valence-corrected chi connectivity index (χ2v) is 4.23. The van der Waals surface area contributed by atoms with E-state index in [2.05, 4.69) is 11.1 Å². The molecule has 0 fully saturated rings. The average Bonchev–Trinajstić information content (AvgIpc) is 2.84. The summed E-state index contributed by atoms with van der Waals surface area (Å²) in [6, 6.07) is 12.9. The fourth-order valence-electron chi connectivity index (χ4n) is 2.02. The number of hydrogen-bond acceptors (Lipinski definition) is 1. The van der Waals surface area contributed by atoms with E-state index in [1.54, 1.807) is 12.1 Å². The molecule has 19 heavy (non-hydrogen) atoms. The van der Waals surface area contributed by atoms with E-state index in [9.17, 15) is 8.78 Å². The van der Waals surface area contributed by atoms with Crippen molar-refractivity contribution in [2.24, 2.45) is 0 Å². The Morgan fingerprint density at radius 2 is 1.79 bits per heavy atom. The average molecular weight is 254 g/mol. The van der Waals surface area contributed by atoms with Gasteiger partial charge in [0.25, 0.3) is 0 Å².